The largest absolute Gasteiger partial charge is 0.384 e. The molecule has 1 aromatic carbocycles. The SMILES string of the molecule is CC1CCCC(Sc2c(F)cc(C(=N)N)cc2F)C1. The predicted molar refractivity (Wildman–Crippen MR) is 74.7 cm³/mol. The number of hydrogen-bond acceptors (Lipinski definition) is 2. The van der Waals surface area contributed by atoms with Gasteiger partial charge in [0.1, 0.15) is 17.5 Å². The minimum Gasteiger partial charge on any atom is -0.384 e. The van der Waals surface area contributed by atoms with Crippen molar-refractivity contribution in [2.45, 2.75) is 42.8 Å². The predicted octanol–water partition coefficient (Wildman–Crippen LogP) is 3.92. The molecule has 0 aromatic heterocycles. The molecule has 0 bridgehead atoms. The lowest BCUT2D eigenvalue weighted by Crippen LogP contribution is -2.16. The Morgan fingerprint density at radius 3 is 2.47 bits per heavy atom. The van der Waals surface area contributed by atoms with E-state index < -0.39 is 11.6 Å². The highest BCUT2D eigenvalue weighted by molar-refractivity contribution is 8.00. The van der Waals surface area contributed by atoms with Gasteiger partial charge in [0.05, 0.1) is 4.90 Å². The van der Waals surface area contributed by atoms with Crippen LogP contribution in [0.15, 0.2) is 17.0 Å². The van der Waals surface area contributed by atoms with E-state index in [4.69, 9.17) is 11.1 Å². The first-order valence-electron chi connectivity index (χ1n) is 6.47. The van der Waals surface area contributed by atoms with Crippen LogP contribution in [-0.4, -0.2) is 11.1 Å². The maximum atomic E-state index is 13.9. The van der Waals surface area contributed by atoms with Gasteiger partial charge in [0.15, 0.2) is 0 Å². The van der Waals surface area contributed by atoms with Crippen molar-refractivity contribution in [1.29, 1.82) is 5.41 Å². The van der Waals surface area contributed by atoms with Crippen molar-refractivity contribution in [2.24, 2.45) is 11.7 Å². The Hall–Kier alpha value is -1.10. The second kappa shape index (κ2) is 5.90. The molecule has 2 atom stereocenters. The summed E-state index contributed by atoms with van der Waals surface area (Å²) in [4.78, 5) is 0.0594. The van der Waals surface area contributed by atoms with Crippen LogP contribution in [0.4, 0.5) is 8.78 Å². The van der Waals surface area contributed by atoms with Gasteiger partial charge in [0.25, 0.3) is 0 Å². The van der Waals surface area contributed by atoms with E-state index in [1.165, 1.54) is 18.2 Å². The van der Waals surface area contributed by atoms with Gasteiger partial charge in [0, 0.05) is 10.8 Å². The zero-order chi connectivity index (χ0) is 14.0. The van der Waals surface area contributed by atoms with E-state index in [9.17, 15) is 8.78 Å². The van der Waals surface area contributed by atoms with E-state index in [1.54, 1.807) is 0 Å². The Balaban J connectivity index is 2.18. The number of nitrogen functional groups attached to an aromatic ring is 1. The fourth-order valence-corrected chi connectivity index (χ4v) is 3.87. The van der Waals surface area contributed by atoms with Gasteiger partial charge in [-0.15, -0.1) is 11.8 Å². The third-order valence-electron chi connectivity index (χ3n) is 3.48. The summed E-state index contributed by atoms with van der Waals surface area (Å²) < 4.78 is 27.8. The van der Waals surface area contributed by atoms with Crippen molar-refractivity contribution in [3.63, 3.8) is 0 Å². The lowest BCUT2D eigenvalue weighted by atomic mass is 9.91. The molecule has 2 rings (SSSR count). The third-order valence-corrected chi connectivity index (χ3v) is 4.87. The summed E-state index contributed by atoms with van der Waals surface area (Å²) in [5.41, 5.74) is 5.34. The van der Waals surface area contributed by atoms with Crippen LogP contribution in [0, 0.1) is 23.0 Å². The van der Waals surface area contributed by atoms with Crippen LogP contribution < -0.4 is 5.73 Å². The average molecular weight is 284 g/mol. The number of nitrogens with one attached hydrogen (secondary N) is 1. The van der Waals surface area contributed by atoms with Gasteiger partial charge in [0.2, 0.25) is 0 Å². The standard InChI is InChI=1S/C14H18F2N2S/c1-8-3-2-4-10(5-8)19-13-11(15)6-9(14(17)18)7-12(13)16/h6-8,10H,2-5H2,1H3,(H3,17,18). The molecule has 5 heteroatoms. The molecule has 1 fully saturated rings. The molecule has 0 saturated heterocycles. The second-order valence-electron chi connectivity index (χ2n) is 5.19. The van der Waals surface area contributed by atoms with Crippen LogP contribution in [0.5, 0.6) is 0 Å². The van der Waals surface area contributed by atoms with Crippen molar-refractivity contribution in [3.8, 4) is 0 Å². The normalized spacial score (nSPS) is 23.3. The number of halogens is 2. The summed E-state index contributed by atoms with van der Waals surface area (Å²) in [6, 6.07) is 2.28. The van der Waals surface area contributed by atoms with E-state index in [1.807, 2.05) is 0 Å². The van der Waals surface area contributed by atoms with E-state index in [2.05, 4.69) is 6.92 Å². The van der Waals surface area contributed by atoms with Gasteiger partial charge in [-0.1, -0.05) is 19.8 Å². The van der Waals surface area contributed by atoms with E-state index in [-0.39, 0.29) is 21.5 Å². The molecular weight excluding hydrogens is 266 g/mol. The minimum absolute atomic E-state index is 0.0594. The quantitative estimate of drug-likeness (QED) is 0.653. The summed E-state index contributed by atoms with van der Waals surface area (Å²) in [7, 11) is 0. The molecule has 0 radical (unpaired) electrons. The van der Waals surface area contributed by atoms with Crippen molar-refractivity contribution >= 4 is 17.6 Å². The molecule has 2 nitrogen and oxygen atoms in total. The molecule has 1 aromatic rings. The highest BCUT2D eigenvalue weighted by Crippen LogP contribution is 2.38. The summed E-state index contributed by atoms with van der Waals surface area (Å²) in [6.45, 7) is 2.18. The van der Waals surface area contributed by atoms with Crippen LogP contribution in [0.25, 0.3) is 0 Å². The monoisotopic (exact) mass is 284 g/mol. The smallest absolute Gasteiger partial charge is 0.140 e. The summed E-state index contributed by atoms with van der Waals surface area (Å²) in [5.74, 6) is -0.934. The Labute approximate surface area is 116 Å². The first-order valence-corrected chi connectivity index (χ1v) is 7.35. The summed E-state index contributed by atoms with van der Waals surface area (Å²) >= 11 is 1.28. The minimum atomic E-state index is -0.617. The van der Waals surface area contributed by atoms with Crippen LogP contribution in [0.2, 0.25) is 0 Å². The van der Waals surface area contributed by atoms with Crippen molar-refractivity contribution in [2.75, 3.05) is 0 Å². The maximum absolute atomic E-state index is 13.9. The topological polar surface area (TPSA) is 49.9 Å². The zero-order valence-electron chi connectivity index (χ0n) is 10.9. The van der Waals surface area contributed by atoms with Gasteiger partial charge in [-0.25, -0.2) is 8.78 Å². The van der Waals surface area contributed by atoms with E-state index >= 15 is 0 Å². The number of hydrogen-bond donors (Lipinski definition) is 2. The summed E-state index contributed by atoms with van der Waals surface area (Å²) in [6.07, 6.45) is 4.32. The van der Waals surface area contributed by atoms with Gasteiger partial charge >= 0.3 is 0 Å². The average Bonchev–Trinajstić information content (AvgIpc) is 2.33. The Morgan fingerprint density at radius 1 is 1.32 bits per heavy atom. The molecule has 2 unspecified atom stereocenters. The Morgan fingerprint density at radius 2 is 1.95 bits per heavy atom. The first-order chi connectivity index (χ1) is 8.97. The molecule has 3 N–H and O–H groups in total. The molecule has 104 valence electrons. The van der Waals surface area contributed by atoms with Crippen molar-refractivity contribution in [1.82, 2.24) is 0 Å². The zero-order valence-corrected chi connectivity index (χ0v) is 11.7. The molecule has 1 aliphatic carbocycles. The van der Waals surface area contributed by atoms with E-state index in [0.717, 1.165) is 31.4 Å². The molecule has 1 aliphatic rings. The van der Waals surface area contributed by atoms with Gasteiger partial charge in [-0.2, -0.15) is 0 Å². The number of benzene rings is 1. The maximum Gasteiger partial charge on any atom is 0.140 e. The molecule has 0 heterocycles. The Kier molecular flexibility index (Phi) is 4.45. The molecule has 0 aliphatic heterocycles. The highest BCUT2D eigenvalue weighted by Gasteiger charge is 2.23. The lowest BCUT2D eigenvalue weighted by molar-refractivity contribution is 0.393. The van der Waals surface area contributed by atoms with Crippen molar-refractivity contribution in [3.05, 3.63) is 29.3 Å². The third kappa shape index (κ3) is 3.47. The van der Waals surface area contributed by atoms with Gasteiger partial charge in [-0.3, -0.25) is 5.41 Å². The Bertz CT molecular complexity index is 467. The van der Waals surface area contributed by atoms with Crippen LogP contribution >= 0.6 is 11.8 Å². The van der Waals surface area contributed by atoms with Crippen LogP contribution in [0.3, 0.4) is 0 Å². The number of nitrogens with two attached hydrogens (primary N) is 1. The van der Waals surface area contributed by atoms with Crippen LogP contribution in [0.1, 0.15) is 38.2 Å². The number of rotatable bonds is 3. The van der Waals surface area contributed by atoms with E-state index in [0.29, 0.717) is 5.92 Å². The molecule has 1 saturated carbocycles. The van der Waals surface area contributed by atoms with Gasteiger partial charge in [-0.05, 0) is 30.9 Å². The molecule has 19 heavy (non-hydrogen) atoms. The fraction of sp³-hybridized carbons (Fsp3) is 0.500. The molecule has 0 spiro atoms. The first kappa shape index (κ1) is 14.3. The number of amidine groups is 1. The molecular formula is C14H18F2N2S. The molecule has 0 amide bonds. The van der Waals surface area contributed by atoms with Gasteiger partial charge < -0.3 is 5.73 Å². The second-order valence-corrected chi connectivity index (χ2v) is 6.50. The van der Waals surface area contributed by atoms with Crippen LogP contribution in [-0.2, 0) is 0 Å². The highest BCUT2D eigenvalue weighted by atomic mass is 32.2. The fourth-order valence-electron chi connectivity index (χ4n) is 2.48. The number of thioether (sulfide) groups is 1. The lowest BCUT2D eigenvalue weighted by Gasteiger charge is -2.26. The van der Waals surface area contributed by atoms with Crippen molar-refractivity contribution < 1.29 is 8.78 Å². The summed E-state index contributed by atoms with van der Waals surface area (Å²) in [5, 5.41) is 7.49.